The molecule has 3 rings (SSSR count). The molecule has 1 aliphatic rings. The van der Waals surface area contributed by atoms with E-state index in [1.165, 1.54) is 4.90 Å². The van der Waals surface area contributed by atoms with Gasteiger partial charge in [-0.05, 0) is 42.7 Å². The minimum Gasteiger partial charge on any atom is -0.478 e. The number of nitrogens with zero attached hydrogens (tertiary/aromatic N) is 1. The first-order valence-corrected chi connectivity index (χ1v) is 10.6. The number of aromatic carboxylic acids is 1. The van der Waals surface area contributed by atoms with Crippen molar-refractivity contribution in [3.05, 3.63) is 65.7 Å². The third-order valence-corrected chi connectivity index (χ3v) is 6.00. The van der Waals surface area contributed by atoms with Gasteiger partial charge in [0.1, 0.15) is 12.6 Å². The van der Waals surface area contributed by atoms with E-state index in [2.05, 4.69) is 0 Å². The summed E-state index contributed by atoms with van der Waals surface area (Å²) in [5.41, 5.74) is 0.710. The molecule has 158 valence electrons. The van der Waals surface area contributed by atoms with Gasteiger partial charge in [-0.2, -0.15) is 0 Å². The number of hydrogen-bond donors (Lipinski definition) is 2. The number of nitrogens with one attached hydrogen (secondary N) is 1. The lowest BCUT2D eigenvalue weighted by Crippen LogP contribution is -2.47. The highest BCUT2D eigenvalue weighted by Gasteiger charge is 2.37. The minimum absolute atomic E-state index is 0.0404. The zero-order chi connectivity index (χ0) is 21.7. The predicted molar refractivity (Wildman–Crippen MR) is 105 cm³/mol. The number of amides is 2. The summed E-state index contributed by atoms with van der Waals surface area (Å²) in [6.45, 7) is 0.317. The van der Waals surface area contributed by atoms with Crippen LogP contribution in [0.5, 0.6) is 0 Å². The average molecular weight is 432 g/mol. The molecule has 1 fully saturated rings. The Morgan fingerprint density at radius 1 is 1.07 bits per heavy atom. The molecular formula is C20H20N2O7S. The van der Waals surface area contributed by atoms with Gasteiger partial charge in [0, 0.05) is 6.54 Å². The number of hydrogen-bond acceptors (Lipinski definition) is 6. The van der Waals surface area contributed by atoms with Gasteiger partial charge in [0.2, 0.25) is 0 Å². The highest BCUT2D eigenvalue weighted by Crippen LogP contribution is 2.20. The number of rotatable bonds is 6. The van der Waals surface area contributed by atoms with Gasteiger partial charge in [-0.15, -0.1) is 0 Å². The molecule has 30 heavy (non-hydrogen) atoms. The molecule has 1 unspecified atom stereocenters. The molecule has 2 amide bonds. The van der Waals surface area contributed by atoms with Crippen molar-refractivity contribution >= 4 is 28.0 Å². The summed E-state index contributed by atoms with van der Waals surface area (Å²) in [6, 6.07) is 12.5. The Morgan fingerprint density at radius 3 is 2.37 bits per heavy atom. The van der Waals surface area contributed by atoms with E-state index in [0.717, 1.165) is 29.8 Å². The standard InChI is InChI=1S/C20H20N2O7S/c23-18(21-30(27,28)16-10-8-15(9-11-16)19(24)25)17-7-4-12-22(17)20(26)29-13-14-5-2-1-3-6-14/h1-3,5-6,8-11,17H,4,7,12-13H2,(H,21,23)(H,24,25). The van der Waals surface area contributed by atoms with Gasteiger partial charge in [-0.25, -0.2) is 22.7 Å². The van der Waals surface area contributed by atoms with Gasteiger partial charge in [0.05, 0.1) is 10.5 Å². The quantitative estimate of drug-likeness (QED) is 0.714. The van der Waals surface area contributed by atoms with Crippen molar-refractivity contribution in [3.8, 4) is 0 Å². The van der Waals surface area contributed by atoms with Crippen molar-refractivity contribution in [2.75, 3.05) is 6.54 Å². The van der Waals surface area contributed by atoms with Crippen molar-refractivity contribution in [1.82, 2.24) is 9.62 Å². The minimum atomic E-state index is -4.22. The summed E-state index contributed by atoms with van der Waals surface area (Å²) in [5, 5.41) is 8.90. The molecule has 1 heterocycles. The molecule has 1 aliphatic heterocycles. The summed E-state index contributed by atoms with van der Waals surface area (Å²) >= 11 is 0. The first-order valence-electron chi connectivity index (χ1n) is 9.15. The van der Waals surface area contributed by atoms with Crippen LogP contribution < -0.4 is 4.72 Å². The Bertz CT molecular complexity index is 1040. The molecule has 1 saturated heterocycles. The van der Waals surface area contributed by atoms with Crippen LogP contribution in [0.1, 0.15) is 28.8 Å². The zero-order valence-corrected chi connectivity index (χ0v) is 16.7. The van der Waals surface area contributed by atoms with Crippen LogP contribution in [0.2, 0.25) is 0 Å². The molecule has 2 aromatic rings. The number of likely N-dealkylation sites (tertiary alicyclic amines) is 1. The summed E-state index contributed by atoms with van der Waals surface area (Å²) in [7, 11) is -4.22. The molecule has 0 spiro atoms. The molecule has 0 bridgehead atoms. The van der Waals surface area contributed by atoms with Crippen LogP contribution in [-0.2, 0) is 26.2 Å². The van der Waals surface area contributed by atoms with E-state index in [4.69, 9.17) is 9.84 Å². The predicted octanol–water partition coefficient (Wildman–Crippen LogP) is 1.99. The van der Waals surface area contributed by atoms with Crippen LogP contribution in [0.4, 0.5) is 4.79 Å². The van der Waals surface area contributed by atoms with E-state index in [0.29, 0.717) is 12.8 Å². The second kappa shape index (κ2) is 8.95. The van der Waals surface area contributed by atoms with Crippen molar-refractivity contribution in [2.24, 2.45) is 0 Å². The number of carbonyl (C=O) groups is 3. The van der Waals surface area contributed by atoms with Gasteiger partial charge >= 0.3 is 12.1 Å². The number of carbonyl (C=O) groups excluding carboxylic acids is 2. The number of sulfonamides is 1. The molecule has 1 atom stereocenters. The molecule has 0 saturated carbocycles. The summed E-state index contributed by atoms with van der Waals surface area (Å²) < 4.78 is 32.1. The lowest BCUT2D eigenvalue weighted by molar-refractivity contribution is -0.123. The van der Waals surface area contributed by atoms with Crippen molar-refractivity contribution in [3.63, 3.8) is 0 Å². The summed E-state index contributed by atoms with van der Waals surface area (Å²) in [6.07, 6.45) is 0.144. The van der Waals surface area contributed by atoms with Crippen molar-refractivity contribution < 1.29 is 32.6 Å². The van der Waals surface area contributed by atoms with Gasteiger partial charge in [0.25, 0.3) is 15.9 Å². The van der Waals surface area contributed by atoms with Gasteiger partial charge in [-0.3, -0.25) is 9.69 Å². The maximum atomic E-state index is 12.6. The second-order valence-electron chi connectivity index (χ2n) is 6.69. The topological polar surface area (TPSA) is 130 Å². The van der Waals surface area contributed by atoms with Crippen LogP contribution in [0.15, 0.2) is 59.5 Å². The Morgan fingerprint density at radius 2 is 1.73 bits per heavy atom. The SMILES string of the molecule is O=C(O)c1ccc(S(=O)(=O)NC(=O)C2CCCN2C(=O)OCc2ccccc2)cc1. The van der Waals surface area contributed by atoms with Crippen LogP contribution in [0.25, 0.3) is 0 Å². The highest BCUT2D eigenvalue weighted by molar-refractivity contribution is 7.90. The Labute approximate surface area is 173 Å². The monoisotopic (exact) mass is 432 g/mol. The summed E-state index contributed by atoms with van der Waals surface area (Å²) in [4.78, 5) is 36.8. The molecular weight excluding hydrogens is 412 g/mol. The Hall–Kier alpha value is -3.40. The van der Waals surface area contributed by atoms with Gasteiger partial charge < -0.3 is 9.84 Å². The fourth-order valence-electron chi connectivity index (χ4n) is 3.10. The normalized spacial score (nSPS) is 16.1. The van der Waals surface area contributed by atoms with E-state index < -0.39 is 34.0 Å². The van der Waals surface area contributed by atoms with E-state index >= 15 is 0 Å². The lowest BCUT2D eigenvalue weighted by atomic mass is 10.2. The molecule has 10 heteroatoms. The molecule has 2 aromatic carbocycles. The maximum Gasteiger partial charge on any atom is 0.410 e. The third-order valence-electron chi connectivity index (χ3n) is 4.64. The van der Waals surface area contributed by atoms with E-state index in [1.807, 2.05) is 22.9 Å². The molecule has 0 aromatic heterocycles. The first-order chi connectivity index (χ1) is 14.3. The van der Waals surface area contributed by atoms with Crippen LogP contribution in [0, 0.1) is 0 Å². The highest BCUT2D eigenvalue weighted by atomic mass is 32.2. The maximum absolute atomic E-state index is 12.6. The van der Waals surface area contributed by atoms with Crippen LogP contribution in [0.3, 0.4) is 0 Å². The molecule has 0 aliphatic carbocycles. The van der Waals surface area contributed by atoms with E-state index in [9.17, 15) is 22.8 Å². The van der Waals surface area contributed by atoms with Gasteiger partial charge in [-0.1, -0.05) is 30.3 Å². The molecule has 2 N–H and O–H groups in total. The van der Waals surface area contributed by atoms with Crippen LogP contribution >= 0.6 is 0 Å². The first kappa shape index (κ1) is 21.3. The van der Waals surface area contributed by atoms with Crippen molar-refractivity contribution in [1.29, 1.82) is 0 Å². The zero-order valence-electron chi connectivity index (χ0n) is 15.9. The van der Waals surface area contributed by atoms with Crippen molar-refractivity contribution in [2.45, 2.75) is 30.4 Å². The number of carboxylic acid groups (broad SMARTS) is 1. The van der Waals surface area contributed by atoms with Gasteiger partial charge in [0.15, 0.2) is 0 Å². The Balaban J connectivity index is 1.64. The fraction of sp³-hybridized carbons (Fsp3) is 0.250. The van der Waals surface area contributed by atoms with E-state index in [1.54, 1.807) is 12.1 Å². The second-order valence-corrected chi connectivity index (χ2v) is 8.37. The number of benzene rings is 2. The largest absolute Gasteiger partial charge is 0.478 e. The molecule has 9 nitrogen and oxygen atoms in total. The Kier molecular flexibility index (Phi) is 6.36. The molecule has 0 radical (unpaired) electrons. The van der Waals surface area contributed by atoms with E-state index in [-0.39, 0.29) is 23.6 Å². The van der Waals surface area contributed by atoms with Crippen LogP contribution in [-0.4, -0.2) is 49.0 Å². The number of carboxylic acids is 1. The fourth-order valence-corrected chi connectivity index (χ4v) is 4.11. The number of ether oxygens (including phenoxy) is 1. The summed E-state index contributed by atoms with van der Waals surface area (Å²) in [5.74, 6) is -2.04. The third kappa shape index (κ3) is 4.95. The average Bonchev–Trinajstić information content (AvgIpc) is 3.23. The smallest absolute Gasteiger partial charge is 0.410 e. The lowest BCUT2D eigenvalue weighted by Gasteiger charge is -2.23.